The number of aromatic amines is 1. The number of phenolic OH excluding ortho intramolecular Hbond substituents is 1. The molecule has 8 nitrogen and oxygen atoms in total. The summed E-state index contributed by atoms with van der Waals surface area (Å²) in [4.78, 5) is 0. The standard InChI is InChI=1S/C22H20N4O4S/c1-28-18-10-14(11-19(29-2)20(18)30-3)21-24-25-22(31)26(21)23-12-16-15-7-5-4-6-13(15)8-9-17(16)27/h4-12,27H,1-3H3,(H,25,31)/b23-12+. The fourth-order valence-corrected chi connectivity index (χ4v) is 3.51. The fourth-order valence-electron chi connectivity index (χ4n) is 3.33. The number of rotatable bonds is 6. The Kier molecular flexibility index (Phi) is 5.59. The van der Waals surface area contributed by atoms with Crippen LogP contribution in [0.25, 0.3) is 22.2 Å². The maximum Gasteiger partial charge on any atom is 0.216 e. The number of methoxy groups -OCH3 is 3. The number of benzene rings is 3. The zero-order valence-corrected chi connectivity index (χ0v) is 17.9. The maximum absolute atomic E-state index is 10.4. The van der Waals surface area contributed by atoms with Crippen LogP contribution < -0.4 is 14.2 Å². The molecule has 0 spiro atoms. The van der Waals surface area contributed by atoms with Gasteiger partial charge in [-0.25, -0.2) is 5.10 Å². The molecule has 0 bridgehead atoms. The van der Waals surface area contributed by atoms with Gasteiger partial charge in [-0.2, -0.15) is 14.9 Å². The zero-order chi connectivity index (χ0) is 22.0. The molecule has 158 valence electrons. The van der Waals surface area contributed by atoms with E-state index in [0.717, 1.165) is 10.8 Å². The first-order valence-corrected chi connectivity index (χ1v) is 9.71. The Balaban J connectivity index is 1.84. The molecule has 0 unspecified atom stereocenters. The summed E-state index contributed by atoms with van der Waals surface area (Å²) in [5.74, 6) is 1.99. The highest BCUT2D eigenvalue weighted by Gasteiger charge is 2.17. The lowest BCUT2D eigenvalue weighted by molar-refractivity contribution is 0.324. The summed E-state index contributed by atoms with van der Waals surface area (Å²) in [5, 5.41) is 23.8. The number of H-pyrrole nitrogens is 1. The predicted molar refractivity (Wildman–Crippen MR) is 121 cm³/mol. The second kappa shape index (κ2) is 8.49. The van der Waals surface area contributed by atoms with Crippen LogP contribution in [0.3, 0.4) is 0 Å². The second-order valence-corrected chi connectivity index (χ2v) is 6.93. The lowest BCUT2D eigenvalue weighted by atomic mass is 10.0. The molecule has 1 aromatic heterocycles. The summed E-state index contributed by atoms with van der Waals surface area (Å²) in [7, 11) is 4.62. The van der Waals surface area contributed by atoms with Crippen molar-refractivity contribution in [2.75, 3.05) is 21.3 Å². The van der Waals surface area contributed by atoms with Gasteiger partial charge in [-0.1, -0.05) is 30.3 Å². The van der Waals surface area contributed by atoms with Crippen LogP contribution in [0.1, 0.15) is 5.56 Å². The third kappa shape index (κ3) is 3.71. The van der Waals surface area contributed by atoms with Gasteiger partial charge in [0.25, 0.3) is 0 Å². The van der Waals surface area contributed by atoms with Gasteiger partial charge in [-0.15, -0.1) is 0 Å². The summed E-state index contributed by atoms with van der Waals surface area (Å²) < 4.78 is 18.0. The Hall–Kier alpha value is -3.85. The van der Waals surface area contributed by atoms with Crippen molar-refractivity contribution in [2.24, 2.45) is 5.10 Å². The fraction of sp³-hybridized carbons (Fsp3) is 0.136. The van der Waals surface area contributed by atoms with Crippen LogP contribution in [-0.4, -0.2) is 47.5 Å². The number of phenols is 1. The second-order valence-electron chi connectivity index (χ2n) is 6.54. The number of fused-ring (bicyclic) bond motifs is 1. The molecule has 0 atom stereocenters. The molecule has 4 rings (SSSR count). The number of hydrogen-bond donors (Lipinski definition) is 2. The number of ether oxygens (including phenoxy) is 3. The molecule has 9 heteroatoms. The Bertz CT molecular complexity index is 1320. The minimum atomic E-state index is 0.117. The molecule has 0 aliphatic heterocycles. The first-order valence-electron chi connectivity index (χ1n) is 9.30. The first kappa shape index (κ1) is 20.4. The van der Waals surface area contributed by atoms with E-state index in [1.807, 2.05) is 30.3 Å². The topological polar surface area (TPSA) is 93.9 Å². The summed E-state index contributed by atoms with van der Waals surface area (Å²) in [5.41, 5.74) is 1.23. The largest absolute Gasteiger partial charge is 0.507 e. The Labute approximate surface area is 183 Å². The van der Waals surface area contributed by atoms with Crippen molar-refractivity contribution in [3.05, 3.63) is 58.9 Å². The van der Waals surface area contributed by atoms with E-state index in [4.69, 9.17) is 26.4 Å². The van der Waals surface area contributed by atoms with Crippen molar-refractivity contribution in [2.45, 2.75) is 0 Å². The number of hydrogen-bond acceptors (Lipinski definition) is 7. The molecular formula is C22H20N4O4S. The lowest BCUT2D eigenvalue weighted by Crippen LogP contribution is -1.99. The Morgan fingerprint density at radius 1 is 1.03 bits per heavy atom. The molecule has 3 aromatic carbocycles. The predicted octanol–water partition coefficient (Wildman–Crippen LogP) is 4.37. The van der Waals surface area contributed by atoms with Gasteiger partial charge in [0.1, 0.15) is 5.75 Å². The van der Waals surface area contributed by atoms with Crippen LogP contribution >= 0.6 is 12.2 Å². The Morgan fingerprint density at radius 2 is 1.74 bits per heavy atom. The van der Waals surface area contributed by atoms with Gasteiger partial charge in [-0.05, 0) is 41.2 Å². The van der Waals surface area contributed by atoms with Gasteiger partial charge in [0, 0.05) is 11.1 Å². The highest BCUT2D eigenvalue weighted by Crippen LogP contribution is 2.40. The molecule has 0 aliphatic carbocycles. The summed E-state index contributed by atoms with van der Waals surface area (Å²) >= 11 is 5.37. The minimum absolute atomic E-state index is 0.117. The molecule has 2 N–H and O–H groups in total. The van der Waals surface area contributed by atoms with Crippen LogP contribution in [0.4, 0.5) is 0 Å². The van der Waals surface area contributed by atoms with Crippen molar-refractivity contribution in [1.82, 2.24) is 14.9 Å². The smallest absolute Gasteiger partial charge is 0.216 e. The SMILES string of the molecule is COc1cc(-c2n[nH]c(=S)n2/N=C/c2c(O)ccc3ccccc23)cc(OC)c1OC. The van der Waals surface area contributed by atoms with Crippen molar-refractivity contribution >= 4 is 29.2 Å². The molecule has 0 radical (unpaired) electrons. The summed E-state index contributed by atoms with van der Waals surface area (Å²) in [6.07, 6.45) is 1.56. The van der Waals surface area contributed by atoms with Crippen LogP contribution in [0.2, 0.25) is 0 Å². The van der Waals surface area contributed by atoms with Crippen molar-refractivity contribution in [3.63, 3.8) is 0 Å². The third-order valence-electron chi connectivity index (χ3n) is 4.82. The van der Waals surface area contributed by atoms with Gasteiger partial charge < -0.3 is 19.3 Å². The molecule has 0 fully saturated rings. The molecule has 0 saturated carbocycles. The third-order valence-corrected chi connectivity index (χ3v) is 5.09. The van der Waals surface area contributed by atoms with Crippen LogP contribution in [0, 0.1) is 4.77 Å². The van der Waals surface area contributed by atoms with E-state index >= 15 is 0 Å². The quantitative estimate of drug-likeness (QED) is 0.344. The molecule has 0 saturated heterocycles. The van der Waals surface area contributed by atoms with Crippen LogP contribution in [-0.2, 0) is 0 Å². The maximum atomic E-state index is 10.4. The lowest BCUT2D eigenvalue weighted by Gasteiger charge is -2.13. The van der Waals surface area contributed by atoms with Gasteiger partial charge >= 0.3 is 0 Å². The highest BCUT2D eigenvalue weighted by atomic mass is 32.1. The molecule has 0 amide bonds. The molecule has 0 aliphatic rings. The van der Waals surface area contributed by atoms with Crippen molar-refractivity contribution in [3.8, 4) is 34.4 Å². The molecular weight excluding hydrogens is 416 g/mol. The monoisotopic (exact) mass is 436 g/mol. The number of nitrogens with zero attached hydrogens (tertiary/aromatic N) is 3. The minimum Gasteiger partial charge on any atom is -0.507 e. The van der Waals surface area contributed by atoms with E-state index in [0.29, 0.717) is 39.0 Å². The van der Waals surface area contributed by atoms with E-state index in [1.165, 1.54) is 11.8 Å². The summed E-state index contributed by atoms with van der Waals surface area (Å²) in [6, 6.07) is 14.7. The normalized spacial score (nSPS) is 11.2. The number of aromatic hydroxyl groups is 1. The Morgan fingerprint density at radius 3 is 2.42 bits per heavy atom. The molecule has 31 heavy (non-hydrogen) atoms. The first-order chi connectivity index (χ1) is 15.1. The van der Waals surface area contributed by atoms with Gasteiger partial charge in [0.2, 0.25) is 10.5 Å². The molecule has 1 heterocycles. The number of nitrogens with one attached hydrogen (secondary N) is 1. The number of aromatic nitrogens is 3. The average molecular weight is 436 g/mol. The zero-order valence-electron chi connectivity index (χ0n) is 17.1. The highest BCUT2D eigenvalue weighted by molar-refractivity contribution is 7.71. The van der Waals surface area contributed by atoms with Crippen molar-refractivity contribution < 1.29 is 19.3 Å². The van der Waals surface area contributed by atoms with Crippen LogP contribution in [0.15, 0.2) is 53.6 Å². The van der Waals surface area contributed by atoms with Gasteiger partial charge in [-0.3, -0.25) is 0 Å². The van der Waals surface area contributed by atoms with Crippen molar-refractivity contribution in [1.29, 1.82) is 0 Å². The van der Waals surface area contributed by atoms with E-state index in [9.17, 15) is 5.11 Å². The van der Waals surface area contributed by atoms with E-state index in [2.05, 4.69) is 15.3 Å². The average Bonchev–Trinajstić information content (AvgIpc) is 3.17. The van der Waals surface area contributed by atoms with Crippen LogP contribution in [0.5, 0.6) is 23.0 Å². The van der Waals surface area contributed by atoms with E-state index in [1.54, 1.807) is 38.6 Å². The summed E-state index contributed by atoms with van der Waals surface area (Å²) in [6.45, 7) is 0. The van der Waals surface area contributed by atoms with Gasteiger partial charge in [0.15, 0.2) is 17.3 Å². The van der Waals surface area contributed by atoms with E-state index in [-0.39, 0.29) is 5.75 Å². The van der Waals surface area contributed by atoms with Gasteiger partial charge in [0.05, 0.1) is 27.5 Å². The molecule has 4 aromatic rings. The van der Waals surface area contributed by atoms with E-state index < -0.39 is 0 Å².